The number of rotatable bonds is 5. The van der Waals surface area contributed by atoms with Crippen LogP contribution < -0.4 is 9.80 Å². The average molecular weight is 529 g/mol. The molecule has 1 aliphatic heterocycles. The Kier molecular flexibility index (Phi) is 6.88. The molecule has 1 atom stereocenters. The third-order valence-corrected chi connectivity index (χ3v) is 6.97. The van der Waals surface area contributed by atoms with Gasteiger partial charge >= 0.3 is 6.18 Å². The van der Waals surface area contributed by atoms with E-state index < -0.39 is 56.4 Å². The summed E-state index contributed by atoms with van der Waals surface area (Å²) in [6.07, 6.45) is -3.02. The van der Waals surface area contributed by atoms with Crippen LogP contribution in [0.5, 0.6) is 0 Å². The van der Waals surface area contributed by atoms with Gasteiger partial charge in [0.1, 0.15) is 16.5 Å². The molecule has 36 heavy (non-hydrogen) atoms. The zero-order valence-corrected chi connectivity index (χ0v) is 19.7. The van der Waals surface area contributed by atoms with Crippen LogP contribution in [-0.4, -0.2) is 49.4 Å². The van der Waals surface area contributed by atoms with Gasteiger partial charge in [0.2, 0.25) is 5.95 Å². The van der Waals surface area contributed by atoms with Gasteiger partial charge in [-0.05, 0) is 35.9 Å². The molecule has 13 heteroatoms. The lowest BCUT2D eigenvalue weighted by atomic mass is 10.0. The van der Waals surface area contributed by atoms with E-state index in [1.165, 1.54) is 41.3 Å². The molecule has 1 aromatic heterocycles. The maximum Gasteiger partial charge on any atom is 0.433 e. The van der Waals surface area contributed by atoms with E-state index in [1.807, 2.05) is 0 Å². The number of hydrogen-bond acceptors (Lipinski definition) is 7. The fourth-order valence-corrected chi connectivity index (χ4v) is 4.85. The van der Waals surface area contributed by atoms with E-state index >= 15 is 0 Å². The molecule has 0 bridgehead atoms. The molecule has 1 saturated heterocycles. The van der Waals surface area contributed by atoms with E-state index in [4.69, 9.17) is 0 Å². The molecule has 4 rings (SSSR count). The van der Waals surface area contributed by atoms with Crippen LogP contribution >= 0.6 is 0 Å². The molecule has 1 aliphatic rings. The number of nitrogens with zero attached hydrogens (tertiary/aromatic N) is 4. The number of aliphatic hydroxyl groups excluding tert-OH is 1. The van der Waals surface area contributed by atoms with E-state index in [9.17, 15) is 35.5 Å². The maximum absolute atomic E-state index is 14.1. The van der Waals surface area contributed by atoms with Crippen LogP contribution in [0.3, 0.4) is 0 Å². The van der Waals surface area contributed by atoms with Gasteiger partial charge in [0.15, 0.2) is 15.5 Å². The standard InChI is InChI=1S/C23H21F5N4O3S/c1-36(34,35)20-10-17(6-7-18(20)25)31-8-9-32(19(12-31)14-2-4-16(24)5-3-14)22-29-11-15(13-33)21(30-22)23(26,27)28/h2-7,10-11,19,33H,8-9,12-13H2,1H3/t19-/m0/s1. The van der Waals surface area contributed by atoms with E-state index in [0.717, 1.165) is 18.5 Å². The van der Waals surface area contributed by atoms with Crippen molar-refractivity contribution < 1.29 is 35.5 Å². The number of aromatic nitrogens is 2. The van der Waals surface area contributed by atoms with Crippen LogP contribution in [-0.2, 0) is 22.6 Å². The molecule has 0 spiro atoms. The molecule has 0 unspecified atom stereocenters. The minimum absolute atomic E-state index is 0.114. The first-order valence-corrected chi connectivity index (χ1v) is 12.6. The highest BCUT2D eigenvalue weighted by Crippen LogP contribution is 2.35. The third-order valence-electron chi connectivity index (χ3n) is 5.86. The van der Waals surface area contributed by atoms with Crippen LogP contribution in [0.25, 0.3) is 0 Å². The first-order chi connectivity index (χ1) is 16.9. The van der Waals surface area contributed by atoms with E-state index in [-0.39, 0.29) is 25.6 Å². The third kappa shape index (κ3) is 5.26. The Balaban J connectivity index is 1.75. The Bertz CT molecular complexity index is 1370. The van der Waals surface area contributed by atoms with Crippen molar-refractivity contribution in [1.82, 2.24) is 9.97 Å². The second-order valence-electron chi connectivity index (χ2n) is 8.29. The number of hydrogen-bond donors (Lipinski definition) is 1. The van der Waals surface area contributed by atoms with Gasteiger partial charge in [0.25, 0.3) is 0 Å². The molecule has 0 saturated carbocycles. The van der Waals surface area contributed by atoms with E-state index in [0.29, 0.717) is 11.3 Å². The minimum Gasteiger partial charge on any atom is -0.392 e. The van der Waals surface area contributed by atoms with Gasteiger partial charge in [-0.25, -0.2) is 27.2 Å². The molecule has 2 aromatic carbocycles. The molecule has 0 amide bonds. The summed E-state index contributed by atoms with van der Waals surface area (Å²) in [6, 6.07) is 8.38. The van der Waals surface area contributed by atoms with Gasteiger partial charge in [-0.1, -0.05) is 12.1 Å². The predicted octanol–water partition coefficient (Wildman–Crippen LogP) is 3.74. The smallest absolute Gasteiger partial charge is 0.392 e. The summed E-state index contributed by atoms with van der Waals surface area (Å²) in [7, 11) is -3.84. The van der Waals surface area contributed by atoms with Crippen LogP contribution in [0.1, 0.15) is 22.9 Å². The monoisotopic (exact) mass is 528 g/mol. The molecule has 0 radical (unpaired) electrons. The van der Waals surface area contributed by atoms with Gasteiger partial charge in [-0.15, -0.1) is 0 Å². The molecular formula is C23H21F5N4O3S. The number of benzene rings is 2. The largest absolute Gasteiger partial charge is 0.433 e. The molecule has 7 nitrogen and oxygen atoms in total. The Morgan fingerprint density at radius 2 is 1.78 bits per heavy atom. The Hall–Kier alpha value is -3.32. The highest BCUT2D eigenvalue weighted by molar-refractivity contribution is 7.90. The number of halogens is 5. The van der Waals surface area contributed by atoms with Crippen molar-refractivity contribution in [3.8, 4) is 0 Å². The Morgan fingerprint density at radius 1 is 1.08 bits per heavy atom. The highest BCUT2D eigenvalue weighted by atomic mass is 32.2. The fourth-order valence-electron chi connectivity index (χ4n) is 4.10. The molecule has 1 N–H and O–H groups in total. The normalized spacial score (nSPS) is 16.9. The lowest BCUT2D eigenvalue weighted by Gasteiger charge is -2.43. The maximum atomic E-state index is 14.1. The molecule has 192 valence electrons. The first kappa shape index (κ1) is 25.8. The second-order valence-corrected chi connectivity index (χ2v) is 10.3. The zero-order chi connectivity index (χ0) is 26.3. The minimum atomic E-state index is -4.82. The summed E-state index contributed by atoms with van der Waals surface area (Å²) in [5.41, 5.74) is -0.777. The lowest BCUT2D eigenvalue weighted by molar-refractivity contribution is -0.142. The second kappa shape index (κ2) is 9.62. The SMILES string of the molecule is CS(=O)(=O)c1cc(N2CCN(c3ncc(CO)c(C(F)(F)F)n3)[C@H](c3ccc(F)cc3)C2)ccc1F. The van der Waals surface area contributed by atoms with E-state index in [2.05, 4.69) is 9.97 Å². The number of sulfone groups is 1. The number of alkyl halides is 3. The highest BCUT2D eigenvalue weighted by Gasteiger charge is 2.38. The van der Waals surface area contributed by atoms with Crippen LogP contribution in [0.4, 0.5) is 33.6 Å². The van der Waals surface area contributed by atoms with Crippen molar-refractivity contribution in [2.45, 2.75) is 23.7 Å². The van der Waals surface area contributed by atoms with Gasteiger partial charge in [-0.3, -0.25) is 0 Å². The molecule has 2 heterocycles. The van der Waals surface area contributed by atoms with E-state index in [1.54, 1.807) is 4.90 Å². The van der Waals surface area contributed by atoms with Crippen LogP contribution in [0.15, 0.2) is 53.6 Å². The van der Waals surface area contributed by atoms with Crippen molar-refractivity contribution in [2.75, 3.05) is 35.7 Å². The topological polar surface area (TPSA) is 86.6 Å². The van der Waals surface area contributed by atoms with Gasteiger partial charge in [0, 0.05) is 43.3 Å². The molecule has 3 aromatic rings. The summed E-state index contributed by atoms with van der Waals surface area (Å²) in [4.78, 5) is 10.5. The first-order valence-electron chi connectivity index (χ1n) is 10.7. The summed E-state index contributed by atoms with van der Waals surface area (Å²) < 4.78 is 92.3. The number of aliphatic hydroxyl groups is 1. The summed E-state index contributed by atoms with van der Waals surface area (Å²) in [5.74, 6) is -1.63. The van der Waals surface area contributed by atoms with Crippen LogP contribution in [0.2, 0.25) is 0 Å². The number of piperazine rings is 1. The number of anilines is 2. The summed E-state index contributed by atoms with van der Waals surface area (Å²) in [5, 5.41) is 9.29. The van der Waals surface area contributed by atoms with Crippen molar-refractivity contribution >= 4 is 21.5 Å². The van der Waals surface area contributed by atoms with Crippen molar-refractivity contribution in [1.29, 1.82) is 0 Å². The van der Waals surface area contributed by atoms with Gasteiger partial charge in [0.05, 0.1) is 12.6 Å². The molecule has 1 fully saturated rings. The van der Waals surface area contributed by atoms with Gasteiger partial charge < -0.3 is 14.9 Å². The quantitative estimate of drug-likeness (QED) is 0.505. The van der Waals surface area contributed by atoms with Gasteiger partial charge in [-0.2, -0.15) is 13.2 Å². The lowest BCUT2D eigenvalue weighted by Crippen LogP contribution is -2.49. The Labute approximate surface area is 203 Å². The van der Waals surface area contributed by atoms with Crippen molar-refractivity contribution in [2.24, 2.45) is 0 Å². The zero-order valence-electron chi connectivity index (χ0n) is 18.9. The van der Waals surface area contributed by atoms with Crippen LogP contribution in [0, 0.1) is 11.6 Å². The summed E-state index contributed by atoms with van der Waals surface area (Å²) in [6.45, 7) is -0.424. The Morgan fingerprint density at radius 3 is 2.39 bits per heavy atom. The van der Waals surface area contributed by atoms with Crippen molar-refractivity contribution in [3.05, 3.63) is 77.1 Å². The average Bonchev–Trinajstić information content (AvgIpc) is 2.83. The molecular weight excluding hydrogens is 507 g/mol. The fraction of sp³-hybridized carbons (Fsp3) is 0.304. The van der Waals surface area contributed by atoms with Crippen molar-refractivity contribution in [3.63, 3.8) is 0 Å². The predicted molar refractivity (Wildman–Crippen MR) is 121 cm³/mol. The summed E-state index contributed by atoms with van der Waals surface area (Å²) >= 11 is 0. The molecule has 0 aliphatic carbocycles.